The number of benzene rings is 3. The highest BCUT2D eigenvalue weighted by molar-refractivity contribution is 6.07. The van der Waals surface area contributed by atoms with Crippen molar-refractivity contribution in [2.24, 2.45) is 0 Å². The number of carbonyl (C=O) groups excluding carboxylic acids is 3. The SMILES string of the molecule is COC(=O)c1ccccc1NC(=O)[C@@H]1c2cc(OC)c(OC)cc2C(=O)N(C)[C@@H]1c1ccc(OC)c(OC)c1. The highest BCUT2D eigenvalue weighted by Gasteiger charge is 2.44. The summed E-state index contributed by atoms with van der Waals surface area (Å²) < 4.78 is 26.7. The third-order valence-electron chi connectivity index (χ3n) is 6.80. The molecule has 0 saturated carbocycles. The van der Waals surface area contributed by atoms with Gasteiger partial charge in [0.2, 0.25) is 5.91 Å². The van der Waals surface area contributed by atoms with Crippen LogP contribution in [-0.4, -0.2) is 65.3 Å². The first-order chi connectivity index (χ1) is 18.8. The monoisotopic (exact) mass is 534 g/mol. The number of anilines is 1. The number of rotatable bonds is 8. The summed E-state index contributed by atoms with van der Waals surface area (Å²) in [6.45, 7) is 0. The maximum absolute atomic E-state index is 14.1. The van der Waals surface area contributed by atoms with Crippen LogP contribution in [0.25, 0.3) is 0 Å². The Morgan fingerprint density at radius 1 is 0.795 bits per heavy atom. The van der Waals surface area contributed by atoms with Gasteiger partial charge in [-0.2, -0.15) is 0 Å². The molecule has 0 saturated heterocycles. The Hall–Kier alpha value is -4.73. The standard InChI is InChI=1S/C29H30N2O8/c1-31-26(16-11-12-21(35-2)22(13-16)36-3)25(18-14-23(37-4)24(38-5)15-19(18)28(31)33)27(32)30-20-10-8-7-9-17(20)29(34)39-6/h7-15,25-26H,1-6H3,(H,30,32)/t25-,26-/m1/s1. The highest BCUT2D eigenvalue weighted by Crippen LogP contribution is 2.47. The molecule has 0 aromatic heterocycles. The number of esters is 1. The van der Waals surface area contributed by atoms with Crippen molar-refractivity contribution in [3.8, 4) is 23.0 Å². The van der Waals surface area contributed by atoms with Crippen LogP contribution >= 0.6 is 0 Å². The lowest BCUT2D eigenvalue weighted by atomic mass is 9.79. The van der Waals surface area contributed by atoms with Crippen molar-refractivity contribution in [3.05, 3.63) is 76.9 Å². The third-order valence-corrected chi connectivity index (χ3v) is 6.80. The van der Waals surface area contributed by atoms with Gasteiger partial charge in [-0.1, -0.05) is 18.2 Å². The Labute approximate surface area is 226 Å². The summed E-state index contributed by atoms with van der Waals surface area (Å²) in [7, 11) is 8.89. The average Bonchev–Trinajstić information content (AvgIpc) is 2.97. The minimum absolute atomic E-state index is 0.198. The lowest BCUT2D eigenvalue weighted by molar-refractivity contribution is -0.119. The predicted octanol–water partition coefficient (Wildman–Crippen LogP) is 4.06. The minimum Gasteiger partial charge on any atom is -0.493 e. The third kappa shape index (κ3) is 4.93. The fourth-order valence-electron chi connectivity index (χ4n) is 4.88. The van der Waals surface area contributed by atoms with Gasteiger partial charge in [-0.15, -0.1) is 0 Å². The molecule has 1 aliphatic heterocycles. The number of nitrogens with one attached hydrogen (secondary N) is 1. The zero-order valence-corrected chi connectivity index (χ0v) is 22.6. The highest BCUT2D eigenvalue weighted by atomic mass is 16.5. The van der Waals surface area contributed by atoms with Crippen molar-refractivity contribution in [1.29, 1.82) is 0 Å². The molecule has 204 valence electrons. The van der Waals surface area contributed by atoms with Crippen LogP contribution in [0.1, 0.15) is 43.8 Å². The summed E-state index contributed by atoms with van der Waals surface area (Å²) >= 11 is 0. The van der Waals surface area contributed by atoms with E-state index in [1.165, 1.54) is 40.4 Å². The van der Waals surface area contributed by atoms with E-state index in [0.717, 1.165) is 0 Å². The molecule has 0 spiro atoms. The number of ether oxygens (including phenoxy) is 5. The molecule has 10 nitrogen and oxygen atoms in total. The van der Waals surface area contributed by atoms with Crippen LogP contribution in [0.2, 0.25) is 0 Å². The second-order valence-electron chi connectivity index (χ2n) is 8.77. The van der Waals surface area contributed by atoms with Crippen molar-refractivity contribution < 1.29 is 38.1 Å². The second-order valence-corrected chi connectivity index (χ2v) is 8.77. The predicted molar refractivity (Wildman–Crippen MR) is 143 cm³/mol. The molecule has 4 rings (SSSR count). The number of amides is 2. The molecule has 0 unspecified atom stereocenters. The summed E-state index contributed by atoms with van der Waals surface area (Å²) in [6.07, 6.45) is 0. The normalized spacial score (nSPS) is 16.2. The Morgan fingerprint density at radius 2 is 1.41 bits per heavy atom. The van der Waals surface area contributed by atoms with E-state index in [-0.39, 0.29) is 17.2 Å². The number of carbonyl (C=O) groups is 3. The molecule has 3 aromatic rings. The van der Waals surface area contributed by atoms with E-state index in [1.807, 2.05) is 0 Å². The van der Waals surface area contributed by atoms with Crippen molar-refractivity contribution in [2.45, 2.75) is 12.0 Å². The number of nitrogens with zero attached hydrogens (tertiary/aromatic N) is 1. The van der Waals surface area contributed by atoms with Crippen molar-refractivity contribution >= 4 is 23.5 Å². The van der Waals surface area contributed by atoms with Crippen LogP contribution in [0.3, 0.4) is 0 Å². The van der Waals surface area contributed by atoms with E-state index in [9.17, 15) is 14.4 Å². The van der Waals surface area contributed by atoms with Gasteiger partial charge in [-0.05, 0) is 47.5 Å². The number of likely N-dealkylation sites (N-methyl/N-ethyl adjacent to an activating group) is 1. The van der Waals surface area contributed by atoms with Gasteiger partial charge in [-0.3, -0.25) is 9.59 Å². The van der Waals surface area contributed by atoms with E-state index in [0.29, 0.717) is 39.7 Å². The molecule has 39 heavy (non-hydrogen) atoms. The Kier molecular flexibility index (Phi) is 7.94. The van der Waals surface area contributed by atoms with Crippen molar-refractivity contribution in [1.82, 2.24) is 4.90 Å². The van der Waals surface area contributed by atoms with Gasteiger partial charge in [0.15, 0.2) is 23.0 Å². The molecular formula is C29H30N2O8. The smallest absolute Gasteiger partial charge is 0.339 e. The van der Waals surface area contributed by atoms with Gasteiger partial charge in [0, 0.05) is 12.6 Å². The molecule has 1 heterocycles. The average molecular weight is 535 g/mol. The first kappa shape index (κ1) is 27.3. The van der Waals surface area contributed by atoms with Crippen LogP contribution in [0.4, 0.5) is 5.69 Å². The minimum atomic E-state index is -0.911. The molecule has 1 N–H and O–H groups in total. The zero-order valence-electron chi connectivity index (χ0n) is 22.6. The van der Waals surface area contributed by atoms with Crippen molar-refractivity contribution in [2.75, 3.05) is 47.9 Å². The van der Waals surface area contributed by atoms with Crippen LogP contribution in [0, 0.1) is 0 Å². The summed E-state index contributed by atoms with van der Waals surface area (Å²) in [6, 6.07) is 14.3. The second kappa shape index (κ2) is 11.3. The Bertz CT molecular complexity index is 1420. The Balaban J connectivity index is 1.91. The molecule has 0 bridgehead atoms. The largest absolute Gasteiger partial charge is 0.493 e. The molecule has 2 amide bonds. The summed E-state index contributed by atoms with van der Waals surface area (Å²) in [5, 5.41) is 2.88. The quantitative estimate of drug-likeness (QED) is 0.431. The first-order valence-electron chi connectivity index (χ1n) is 12.0. The molecular weight excluding hydrogens is 504 g/mol. The molecule has 1 aliphatic rings. The maximum atomic E-state index is 14.1. The molecule has 0 fully saturated rings. The number of hydrogen-bond acceptors (Lipinski definition) is 8. The number of hydrogen-bond donors (Lipinski definition) is 1. The fourth-order valence-corrected chi connectivity index (χ4v) is 4.88. The van der Waals surface area contributed by atoms with Gasteiger partial charge >= 0.3 is 5.97 Å². The van der Waals surface area contributed by atoms with Crippen LogP contribution in [-0.2, 0) is 9.53 Å². The number of fused-ring (bicyclic) bond motifs is 1. The summed E-state index contributed by atoms with van der Waals surface area (Å²) in [5.74, 6) is -0.569. The molecule has 3 aromatic carbocycles. The first-order valence-corrected chi connectivity index (χ1v) is 12.0. The zero-order chi connectivity index (χ0) is 28.3. The van der Waals surface area contributed by atoms with Gasteiger partial charge in [-0.25, -0.2) is 4.79 Å². The lowest BCUT2D eigenvalue weighted by Crippen LogP contribution is -2.44. The van der Waals surface area contributed by atoms with Crippen molar-refractivity contribution in [3.63, 3.8) is 0 Å². The van der Waals surface area contributed by atoms with E-state index in [4.69, 9.17) is 23.7 Å². The maximum Gasteiger partial charge on any atom is 0.339 e. The van der Waals surface area contributed by atoms with E-state index in [2.05, 4.69) is 5.32 Å². The van der Waals surface area contributed by atoms with Gasteiger partial charge in [0.1, 0.15) is 0 Å². The number of methoxy groups -OCH3 is 5. The van der Waals surface area contributed by atoms with Crippen LogP contribution < -0.4 is 24.3 Å². The molecule has 0 aliphatic carbocycles. The van der Waals surface area contributed by atoms with E-state index >= 15 is 0 Å². The number of para-hydroxylation sites is 1. The van der Waals surface area contributed by atoms with Crippen LogP contribution in [0.15, 0.2) is 54.6 Å². The van der Waals surface area contributed by atoms with Gasteiger partial charge < -0.3 is 33.9 Å². The Morgan fingerprint density at radius 3 is 2.05 bits per heavy atom. The van der Waals surface area contributed by atoms with Gasteiger partial charge in [0.25, 0.3) is 5.91 Å². The lowest BCUT2D eigenvalue weighted by Gasteiger charge is -2.40. The van der Waals surface area contributed by atoms with E-state index in [1.54, 1.807) is 61.6 Å². The summed E-state index contributed by atoms with van der Waals surface area (Å²) in [4.78, 5) is 41.6. The molecule has 2 atom stereocenters. The fraction of sp³-hybridized carbons (Fsp3) is 0.276. The van der Waals surface area contributed by atoms with Gasteiger partial charge in [0.05, 0.1) is 58.8 Å². The summed E-state index contributed by atoms with van der Waals surface area (Å²) in [5.41, 5.74) is 1.87. The molecule has 0 radical (unpaired) electrons. The van der Waals surface area contributed by atoms with Crippen LogP contribution in [0.5, 0.6) is 23.0 Å². The topological polar surface area (TPSA) is 113 Å². The molecule has 10 heteroatoms. The van der Waals surface area contributed by atoms with E-state index < -0.39 is 23.8 Å².